The highest BCUT2D eigenvalue weighted by atomic mass is 32.1. The number of methoxy groups -OCH3 is 1. The fraction of sp³-hybridized carbons (Fsp3) is 0.231. The van der Waals surface area contributed by atoms with E-state index in [0.29, 0.717) is 21.9 Å². The van der Waals surface area contributed by atoms with E-state index in [4.69, 9.17) is 21.7 Å². The standard InChI is InChI=1S/C13H13NO4S2/c1-7(15)18-9-4-3-8(5-10(9)17-2)6-11-12(16)14-13(19)20-11/h3-5,16H,6H2,1-2H3,(H,14,19). The predicted molar refractivity (Wildman–Crippen MR) is 78.3 cm³/mol. The van der Waals surface area contributed by atoms with E-state index in [-0.39, 0.29) is 5.88 Å². The number of hydrogen-bond donors (Lipinski definition) is 2. The van der Waals surface area contributed by atoms with Crippen LogP contribution in [-0.4, -0.2) is 23.2 Å². The van der Waals surface area contributed by atoms with Gasteiger partial charge in [0.15, 0.2) is 15.5 Å². The molecular formula is C13H13NO4S2. The first-order chi connectivity index (χ1) is 9.49. The normalized spacial score (nSPS) is 10.3. The quantitative estimate of drug-likeness (QED) is 0.516. The van der Waals surface area contributed by atoms with Crippen molar-refractivity contribution in [1.82, 2.24) is 4.98 Å². The van der Waals surface area contributed by atoms with Crippen molar-refractivity contribution in [3.63, 3.8) is 0 Å². The SMILES string of the molecule is COc1cc(Cc2sc(=S)[nH]c2O)ccc1OC(C)=O. The van der Waals surface area contributed by atoms with Crippen LogP contribution in [-0.2, 0) is 11.2 Å². The molecule has 1 heterocycles. The Bertz CT molecular complexity index is 690. The number of nitrogens with one attached hydrogen (secondary N) is 1. The molecule has 0 spiro atoms. The zero-order valence-corrected chi connectivity index (χ0v) is 12.6. The number of H-pyrrole nitrogens is 1. The van der Waals surface area contributed by atoms with E-state index in [0.717, 1.165) is 10.4 Å². The molecule has 20 heavy (non-hydrogen) atoms. The second-order valence-corrected chi connectivity index (χ2v) is 5.81. The summed E-state index contributed by atoms with van der Waals surface area (Å²) in [4.78, 5) is 14.4. The summed E-state index contributed by atoms with van der Waals surface area (Å²) in [5.41, 5.74) is 0.915. The highest BCUT2D eigenvalue weighted by Gasteiger charge is 2.11. The molecule has 0 aliphatic carbocycles. The third-order valence-corrected chi connectivity index (χ3v) is 3.77. The molecule has 5 nitrogen and oxygen atoms in total. The minimum Gasteiger partial charge on any atom is -0.494 e. The van der Waals surface area contributed by atoms with E-state index in [1.807, 2.05) is 6.07 Å². The van der Waals surface area contributed by atoms with E-state index in [9.17, 15) is 9.90 Å². The van der Waals surface area contributed by atoms with Gasteiger partial charge in [0.2, 0.25) is 5.88 Å². The number of hydrogen-bond acceptors (Lipinski definition) is 6. The molecule has 1 aromatic carbocycles. The van der Waals surface area contributed by atoms with Gasteiger partial charge in [0.05, 0.1) is 12.0 Å². The largest absolute Gasteiger partial charge is 0.494 e. The second kappa shape index (κ2) is 6.06. The van der Waals surface area contributed by atoms with Crippen LogP contribution in [0.25, 0.3) is 0 Å². The maximum absolute atomic E-state index is 11.0. The molecule has 0 aliphatic heterocycles. The van der Waals surface area contributed by atoms with Gasteiger partial charge >= 0.3 is 5.97 Å². The lowest BCUT2D eigenvalue weighted by atomic mass is 10.1. The van der Waals surface area contributed by atoms with E-state index < -0.39 is 5.97 Å². The second-order valence-electron chi connectivity index (χ2n) is 4.04. The summed E-state index contributed by atoms with van der Waals surface area (Å²) >= 11 is 6.29. The minimum atomic E-state index is -0.405. The van der Waals surface area contributed by atoms with Gasteiger partial charge in [-0.3, -0.25) is 4.79 Å². The Balaban J connectivity index is 2.27. The van der Waals surface area contributed by atoms with E-state index >= 15 is 0 Å². The van der Waals surface area contributed by atoms with Crippen LogP contribution in [0.15, 0.2) is 18.2 Å². The Labute approximate surface area is 124 Å². The molecule has 0 atom stereocenters. The Morgan fingerprint density at radius 1 is 1.45 bits per heavy atom. The molecule has 0 saturated carbocycles. The van der Waals surface area contributed by atoms with Crippen molar-refractivity contribution in [2.45, 2.75) is 13.3 Å². The van der Waals surface area contributed by atoms with Gasteiger partial charge in [0.25, 0.3) is 0 Å². The van der Waals surface area contributed by atoms with Crippen LogP contribution < -0.4 is 9.47 Å². The van der Waals surface area contributed by atoms with Gasteiger partial charge in [-0.2, -0.15) is 0 Å². The lowest BCUT2D eigenvalue weighted by Crippen LogP contribution is -2.03. The van der Waals surface area contributed by atoms with Crippen molar-refractivity contribution in [2.75, 3.05) is 7.11 Å². The molecule has 7 heteroatoms. The lowest BCUT2D eigenvalue weighted by molar-refractivity contribution is -0.132. The number of aromatic nitrogens is 1. The van der Waals surface area contributed by atoms with Crippen LogP contribution in [0.4, 0.5) is 0 Å². The Kier molecular flexibility index (Phi) is 4.41. The average molecular weight is 311 g/mol. The Morgan fingerprint density at radius 3 is 2.75 bits per heavy atom. The number of rotatable bonds is 4. The van der Waals surface area contributed by atoms with Crippen molar-refractivity contribution in [2.24, 2.45) is 0 Å². The molecule has 2 rings (SSSR count). The number of benzene rings is 1. The maximum Gasteiger partial charge on any atom is 0.308 e. The maximum atomic E-state index is 11.0. The first kappa shape index (κ1) is 14.5. The fourth-order valence-corrected chi connectivity index (χ4v) is 2.87. The molecule has 1 aromatic heterocycles. The molecule has 0 fully saturated rings. The molecular weight excluding hydrogens is 298 g/mol. The Hall–Kier alpha value is -1.86. The van der Waals surface area contributed by atoms with Crippen LogP contribution in [0.2, 0.25) is 0 Å². The third-order valence-electron chi connectivity index (χ3n) is 2.55. The summed E-state index contributed by atoms with van der Waals surface area (Å²) in [5.74, 6) is 0.520. The number of aromatic amines is 1. The van der Waals surface area contributed by atoms with Crippen molar-refractivity contribution in [3.8, 4) is 17.4 Å². The zero-order chi connectivity index (χ0) is 14.7. The monoisotopic (exact) mass is 311 g/mol. The molecule has 0 radical (unpaired) electrons. The molecule has 0 saturated heterocycles. The summed E-state index contributed by atoms with van der Waals surface area (Å²) in [7, 11) is 1.50. The highest BCUT2D eigenvalue weighted by molar-refractivity contribution is 7.73. The number of aromatic hydroxyl groups is 1. The molecule has 0 unspecified atom stereocenters. The smallest absolute Gasteiger partial charge is 0.308 e. The third kappa shape index (κ3) is 3.37. The van der Waals surface area contributed by atoms with E-state index in [2.05, 4.69) is 4.98 Å². The van der Waals surface area contributed by atoms with Crippen molar-refractivity contribution in [1.29, 1.82) is 0 Å². The number of carbonyl (C=O) groups is 1. The number of carbonyl (C=O) groups excluding carboxylic acids is 1. The van der Waals surface area contributed by atoms with Crippen molar-refractivity contribution < 1.29 is 19.4 Å². The molecule has 0 aliphatic rings. The van der Waals surface area contributed by atoms with Gasteiger partial charge in [-0.25, -0.2) is 0 Å². The molecule has 0 bridgehead atoms. The van der Waals surface area contributed by atoms with Crippen molar-refractivity contribution in [3.05, 3.63) is 32.6 Å². The predicted octanol–water partition coefficient (Wildman–Crippen LogP) is 3.04. The molecule has 0 amide bonds. The summed E-state index contributed by atoms with van der Waals surface area (Å²) in [6, 6.07) is 5.24. The first-order valence-electron chi connectivity index (χ1n) is 5.76. The van der Waals surface area contributed by atoms with Crippen LogP contribution in [0, 0.1) is 3.95 Å². The van der Waals surface area contributed by atoms with E-state index in [1.54, 1.807) is 12.1 Å². The molecule has 2 N–H and O–H groups in total. The van der Waals surface area contributed by atoms with Crippen molar-refractivity contribution >= 4 is 29.5 Å². The Morgan fingerprint density at radius 2 is 2.20 bits per heavy atom. The van der Waals surface area contributed by atoms with Gasteiger partial charge in [0, 0.05) is 13.3 Å². The van der Waals surface area contributed by atoms with Gasteiger partial charge < -0.3 is 19.6 Å². The lowest BCUT2D eigenvalue weighted by Gasteiger charge is -2.09. The summed E-state index contributed by atoms with van der Waals surface area (Å²) in [6.07, 6.45) is 0.514. The van der Waals surface area contributed by atoms with Crippen LogP contribution in [0.5, 0.6) is 17.4 Å². The zero-order valence-electron chi connectivity index (χ0n) is 10.9. The topological polar surface area (TPSA) is 71.6 Å². The van der Waals surface area contributed by atoms with Gasteiger partial charge in [-0.15, -0.1) is 11.3 Å². The molecule has 2 aromatic rings. The van der Waals surface area contributed by atoms with E-state index in [1.165, 1.54) is 25.4 Å². The average Bonchev–Trinajstić information content (AvgIpc) is 2.69. The number of ether oxygens (including phenoxy) is 2. The first-order valence-corrected chi connectivity index (χ1v) is 6.98. The minimum absolute atomic E-state index is 0.0861. The van der Waals surface area contributed by atoms with Crippen LogP contribution in [0.3, 0.4) is 0 Å². The molecule has 106 valence electrons. The summed E-state index contributed by atoms with van der Waals surface area (Å²) in [5, 5.41) is 9.68. The van der Waals surface area contributed by atoms with Gasteiger partial charge in [-0.05, 0) is 29.9 Å². The van der Waals surface area contributed by atoms with Crippen LogP contribution >= 0.6 is 23.6 Å². The van der Waals surface area contributed by atoms with Gasteiger partial charge in [-0.1, -0.05) is 6.07 Å². The van der Waals surface area contributed by atoms with Gasteiger partial charge in [0.1, 0.15) is 0 Å². The van der Waals surface area contributed by atoms with Crippen LogP contribution in [0.1, 0.15) is 17.4 Å². The summed E-state index contributed by atoms with van der Waals surface area (Å²) < 4.78 is 10.8. The summed E-state index contributed by atoms with van der Waals surface area (Å²) in [6.45, 7) is 1.33. The highest BCUT2D eigenvalue weighted by Crippen LogP contribution is 2.31. The fourth-order valence-electron chi connectivity index (χ4n) is 1.72. The number of thiazole rings is 1. The number of esters is 1.